The highest BCUT2D eigenvalue weighted by atomic mass is 31.1. The van der Waals surface area contributed by atoms with Gasteiger partial charge in [0.25, 0.3) is 0 Å². The average Bonchev–Trinajstić information content (AvgIpc) is 2.99. The van der Waals surface area contributed by atoms with Crippen molar-refractivity contribution in [3.8, 4) is 0 Å². The summed E-state index contributed by atoms with van der Waals surface area (Å²) in [6.45, 7) is 0. The molecule has 2 unspecified atom stereocenters. The first kappa shape index (κ1) is 20.6. The van der Waals surface area contributed by atoms with E-state index in [1.807, 2.05) is 0 Å². The van der Waals surface area contributed by atoms with E-state index in [9.17, 15) is 17.3 Å². The van der Waals surface area contributed by atoms with Crippen LogP contribution in [0.4, 0.5) is 17.3 Å². The van der Waals surface area contributed by atoms with E-state index in [0.717, 1.165) is 6.42 Å². The quantitative estimate of drug-likeness (QED) is 0.369. The molecular weight excluding hydrogens is 384 g/mol. The molecular formula is C21H20BF4NP-. The van der Waals surface area contributed by atoms with Gasteiger partial charge in [-0.3, -0.25) is 0 Å². The predicted molar refractivity (Wildman–Crippen MR) is 110 cm³/mol. The number of halogens is 4. The molecule has 146 valence electrons. The molecule has 0 bridgehead atoms. The molecule has 0 aromatic heterocycles. The summed E-state index contributed by atoms with van der Waals surface area (Å²) < 4.78 is 39.0. The topological polar surface area (TPSA) is 26.0 Å². The van der Waals surface area contributed by atoms with Gasteiger partial charge in [0.05, 0.1) is 0 Å². The number of hydrogen-bond donors (Lipinski definition) is 1. The lowest BCUT2D eigenvalue weighted by atomic mass is 10.1. The second-order valence-corrected chi connectivity index (χ2v) is 8.97. The lowest BCUT2D eigenvalue weighted by molar-refractivity contribution is 0.368. The summed E-state index contributed by atoms with van der Waals surface area (Å²) in [7, 11) is -6.46. The van der Waals surface area contributed by atoms with Gasteiger partial charge >= 0.3 is 7.25 Å². The van der Waals surface area contributed by atoms with Crippen LogP contribution >= 0.6 is 7.92 Å². The fourth-order valence-corrected chi connectivity index (χ4v) is 6.48. The van der Waals surface area contributed by atoms with Crippen LogP contribution in [0.3, 0.4) is 0 Å². The van der Waals surface area contributed by atoms with E-state index >= 15 is 0 Å². The van der Waals surface area contributed by atoms with Crippen LogP contribution in [0.2, 0.25) is 0 Å². The zero-order chi connectivity index (χ0) is 20.1. The van der Waals surface area contributed by atoms with E-state index in [2.05, 4.69) is 84.9 Å². The molecule has 3 aromatic carbocycles. The van der Waals surface area contributed by atoms with Gasteiger partial charge in [-0.05, 0) is 36.1 Å². The van der Waals surface area contributed by atoms with Crippen LogP contribution < -0.4 is 16.3 Å². The van der Waals surface area contributed by atoms with Gasteiger partial charge in [-0.2, -0.15) is 0 Å². The highest BCUT2D eigenvalue weighted by molar-refractivity contribution is 7.73. The molecule has 0 aliphatic heterocycles. The molecule has 1 aliphatic rings. The molecule has 0 saturated heterocycles. The maximum absolute atomic E-state index is 9.75. The predicted octanol–water partition coefficient (Wildman–Crippen LogP) is 5.04. The molecule has 2 N–H and O–H groups in total. The average molecular weight is 404 g/mol. The molecule has 0 saturated carbocycles. The van der Waals surface area contributed by atoms with Crippen LogP contribution in [-0.2, 0) is 6.42 Å². The first-order valence-corrected chi connectivity index (χ1v) is 10.4. The largest absolute Gasteiger partial charge is 0.673 e. The monoisotopic (exact) mass is 404 g/mol. The zero-order valence-corrected chi connectivity index (χ0v) is 16.0. The minimum atomic E-state index is -6.00. The molecule has 0 amide bonds. The van der Waals surface area contributed by atoms with Crippen LogP contribution in [0.1, 0.15) is 17.2 Å². The van der Waals surface area contributed by atoms with Crippen molar-refractivity contribution in [1.29, 1.82) is 0 Å². The van der Waals surface area contributed by atoms with Crippen molar-refractivity contribution in [3.05, 3.63) is 96.1 Å². The number of benzene rings is 3. The van der Waals surface area contributed by atoms with Crippen molar-refractivity contribution >= 4 is 25.8 Å². The molecule has 0 radical (unpaired) electrons. The summed E-state index contributed by atoms with van der Waals surface area (Å²) in [6.07, 6.45) is 1.08. The first-order chi connectivity index (χ1) is 13.3. The summed E-state index contributed by atoms with van der Waals surface area (Å²) >= 11 is 0. The van der Waals surface area contributed by atoms with Crippen LogP contribution in [0.15, 0.2) is 84.9 Å². The number of hydrogen-bond acceptors (Lipinski definition) is 1. The number of rotatable bonds is 3. The van der Waals surface area contributed by atoms with E-state index in [1.54, 1.807) is 0 Å². The standard InChI is InChI=1S/C21H20NP.BF4/c22-21-19-14-8-7-9-16(19)15-20(21)23(17-10-3-1-4-11-17)18-12-5-2-6-13-18;2-1(3,4)5/h1-14,20-21H,15,22H2;/q;-1. The smallest absolute Gasteiger partial charge is 0.418 e. The van der Waals surface area contributed by atoms with E-state index < -0.39 is 15.2 Å². The van der Waals surface area contributed by atoms with Crippen molar-refractivity contribution in [2.24, 2.45) is 5.73 Å². The van der Waals surface area contributed by atoms with Crippen molar-refractivity contribution in [1.82, 2.24) is 0 Å². The van der Waals surface area contributed by atoms with Gasteiger partial charge in [0.15, 0.2) is 0 Å². The van der Waals surface area contributed by atoms with Crippen LogP contribution in [0.5, 0.6) is 0 Å². The van der Waals surface area contributed by atoms with Crippen LogP contribution in [0.25, 0.3) is 0 Å². The Kier molecular flexibility index (Phi) is 6.53. The molecule has 3 aromatic rings. The molecule has 1 aliphatic carbocycles. The highest BCUT2D eigenvalue weighted by Crippen LogP contribution is 2.50. The van der Waals surface area contributed by atoms with Gasteiger partial charge in [0.2, 0.25) is 0 Å². The molecule has 1 nitrogen and oxygen atoms in total. The Bertz CT molecular complexity index is 844. The van der Waals surface area contributed by atoms with E-state index in [1.165, 1.54) is 21.7 Å². The van der Waals surface area contributed by atoms with Crippen molar-refractivity contribution in [2.45, 2.75) is 18.1 Å². The van der Waals surface area contributed by atoms with E-state index in [-0.39, 0.29) is 6.04 Å². The fraction of sp³-hybridized carbons (Fsp3) is 0.143. The maximum atomic E-state index is 9.75. The van der Waals surface area contributed by atoms with Gasteiger partial charge in [-0.1, -0.05) is 84.9 Å². The van der Waals surface area contributed by atoms with Crippen molar-refractivity contribution in [3.63, 3.8) is 0 Å². The number of nitrogens with two attached hydrogens (primary N) is 1. The second-order valence-electron chi connectivity index (χ2n) is 6.53. The highest BCUT2D eigenvalue weighted by Gasteiger charge is 2.36. The number of fused-ring (bicyclic) bond motifs is 1. The van der Waals surface area contributed by atoms with Crippen molar-refractivity contribution in [2.75, 3.05) is 0 Å². The second kappa shape index (κ2) is 8.89. The molecule has 7 heteroatoms. The molecule has 4 rings (SSSR count). The first-order valence-electron chi connectivity index (χ1n) is 8.94. The SMILES string of the molecule is F[B-](F)(F)F.NC1c2ccccc2CC1P(c1ccccc1)c1ccccc1. The Morgan fingerprint density at radius 3 is 1.61 bits per heavy atom. The minimum absolute atomic E-state index is 0.123. The Morgan fingerprint density at radius 2 is 1.14 bits per heavy atom. The third-order valence-corrected chi connectivity index (χ3v) is 7.53. The van der Waals surface area contributed by atoms with Crippen molar-refractivity contribution < 1.29 is 17.3 Å². The molecule has 2 atom stereocenters. The third kappa shape index (κ3) is 5.21. The van der Waals surface area contributed by atoms with Gasteiger partial charge < -0.3 is 23.0 Å². The molecule has 28 heavy (non-hydrogen) atoms. The minimum Gasteiger partial charge on any atom is -0.418 e. The van der Waals surface area contributed by atoms with Gasteiger partial charge in [0, 0.05) is 11.7 Å². The lowest BCUT2D eigenvalue weighted by Crippen LogP contribution is -2.28. The summed E-state index contributed by atoms with van der Waals surface area (Å²) in [5.74, 6) is 0. The Labute approximate surface area is 163 Å². The third-order valence-electron chi connectivity index (χ3n) is 4.66. The van der Waals surface area contributed by atoms with Gasteiger partial charge in [-0.15, -0.1) is 0 Å². The van der Waals surface area contributed by atoms with E-state index in [0.29, 0.717) is 5.66 Å². The van der Waals surface area contributed by atoms with Gasteiger partial charge in [-0.25, -0.2) is 0 Å². The Hall–Kier alpha value is -2.17. The molecule has 0 fully saturated rings. The fourth-order valence-electron chi connectivity index (χ4n) is 3.57. The van der Waals surface area contributed by atoms with Crippen LogP contribution in [-0.4, -0.2) is 12.9 Å². The zero-order valence-electron chi connectivity index (χ0n) is 15.1. The molecule has 0 heterocycles. The summed E-state index contributed by atoms with van der Waals surface area (Å²) in [5, 5.41) is 2.84. The van der Waals surface area contributed by atoms with Gasteiger partial charge in [0.1, 0.15) is 0 Å². The summed E-state index contributed by atoms with van der Waals surface area (Å²) in [4.78, 5) is 0. The Morgan fingerprint density at radius 1 is 0.714 bits per heavy atom. The molecule has 0 spiro atoms. The normalized spacial score (nSPS) is 18.4. The van der Waals surface area contributed by atoms with E-state index in [4.69, 9.17) is 5.73 Å². The summed E-state index contributed by atoms with van der Waals surface area (Å²) in [6, 6.07) is 30.6. The maximum Gasteiger partial charge on any atom is 0.673 e. The van der Waals surface area contributed by atoms with Crippen LogP contribution in [0, 0.1) is 0 Å². The summed E-state index contributed by atoms with van der Waals surface area (Å²) in [5.41, 5.74) is 9.90. The lowest BCUT2D eigenvalue weighted by Gasteiger charge is -2.28. The Balaban J connectivity index is 0.000000403.